The third kappa shape index (κ3) is 7.48. The Kier molecular flexibility index (Phi) is 9.61. The van der Waals surface area contributed by atoms with Crippen LogP contribution in [0.4, 0.5) is 24.5 Å². The van der Waals surface area contributed by atoms with Crippen LogP contribution in [0.2, 0.25) is 5.02 Å². The molecule has 0 spiro atoms. The number of benzene rings is 2. The molecule has 0 saturated carbocycles. The number of amidine groups is 1. The predicted molar refractivity (Wildman–Crippen MR) is 137 cm³/mol. The smallest absolute Gasteiger partial charge is 0.417 e. The molecule has 7 nitrogen and oxygen atoms in total. The zero-order chi connectivity index (χ0) is 27.2. The number of alkyl halides is 3. The quantitative estimate of drug-likeness (QED) is 0.386. The highest BCUT2D eigenvalue weighted by molar-refractivity contribution is 8.15. The van der Waals surface area contributed by atoms with E-state index < -0.39 is 33.9 Å². The number of nitrogens with zero attached hydrogens (tertiary/aromatic N) is 2. The second-order valence-electron chi connectivity index (χ2n) is 8.05. The molecule has 1 aliphatic heterocycles. The summed E-state index contributed by atoms with van der Waals surface area (Å²) in [5, 5.41) is 1.52. The second kappa shape index (κ2) is 12.5. The minimum atomic E-state index is -4.67. The summed E-state index contributed by atoms with van der Waals surface area (Å²) in [5.74, 6) is -1.32. The van der Waals surface area contributed by atoms with E-state index in [0.29, 0.717) is 24.2 Å². The molecular weight excluding hydrogens is 531 g/mol. The fourth-order valence-corrected chi connectivity index (χ4v) is 4.76. The van der Waals surface area contributed by atoms with Crippen molar-refractivity contribution in [2.75, 3.05) is 18.5 Å². The number of hydrogen-bond acceptors (Lipinski definition) is 6. The Labute approximate surface area is 221 Å². The van der Waals surface area contributed by atoms with Gasteiger partial charge in [0.2, 0.25) is 11.8 Å². The summed E-state index contributed by atoms with van der Waals surface area (Å²) in [4.78, 5) is 43.4. The van der Waals surface area contributed by atoms with Crippen molar-refractivity contribution in [3.63, 3.8) is 0 Å². The van der Waals surface area contributed by atoms with E-state index in [0.717, 1.165) is 30.3 Å². The lowest BCUT2D eigenvalue weighted by Crippen LogP contribution is -2.45. The third-order valence-corrected chi connectivity index (χ3v) is 6.83. The number of halogens is 4. The summed E-state index contributed by atoms with van der Waals surface area (Å²) in [6, 6.07) is 9.31. The van der Waals surface area contributed by atoms with Crippen LogP contribution in [0.15, 0.2) is 47.5 Å². The number of aliphatic imine (C=N–C) groups is 1. The lowest BCUT2D eigenvalue weighted by molar-refractivity contribution is -0.137. The van der Waals surface area contributed by atoms with Gasteiger partial charge in [0.15, 0.2) is 5.17 Å². The van der Waals surface area contributed by atoms with Crippen LogP contribution < -0.4 is 5.32 Å². The van der Waals surface area contributed by atoms with E-state index in [2.05, 4.69) is 10.3 Å². The maximum atomic E-state index is 13.3. The normalized spacial score (nSPS) is 17.1. The Hall–Kier alpha value is -3.05. The fraction of sp³-hybridized carbons (Fsp3) is 0.360. The van der Waals surface area contributed by atoms with E-state index in [1.165, 1.54) is 35.2 Å². The van der Waals surface area contributed by atoms with Crippen LogP contribution in [-0.2, 0) is 20.5 Å². The van der Waals surface area contributed by atoms with E-state index in [4.69, 9.17) is 16.3 Å². The number of ether oxygens (including phenoxy) is 1. The molecule has 198 valence electrons. The number of nitrogens with one attached hydrogen (secondary N) is 1. The summed E-state index contributed by atoms with van der Waals surface area (Å²) in [7, 11) is 0. The number of amides is 2. The van der Waals surface area contributed by atoms with Gasteiger partial charge >= 0.3 is 12.1 Å². The predicted octanol–water partition coefficient (Wildman–Crippen LogP) is 6.30. The van der Waals surface area contributed by atoms with Crippen LogP contribution in [0, 0.1) is 0 Å². The number of carbonyl (C=O) groups is 3. The maximum Gasteiger partial charge on any atom is 0.417 e. The summed E-state index contributed by atoms with van der Waals surface area (Å²) in [6.07, 6.45) is -3.33. The minimum Gasteiger partial charge on any atom is -0.462 e. The summed E-state index contributed by atoms with van der Waals surface area (Å²) in [6.45, 7) is 4.19. The van der Waals surface area contributed by atoms with Crippen molar-refractivity contribution in [1.29, 1.82) is 0 Å². The van der Waals surface area contributed by atoms with Crippen LogP contribution in [0.1, 0.15) is 49.0 Å². The molecule has 1 saturated heterocycles. The molecule has 2 aromatic carbocycles. The van der Waals surface area contributed by atoms with Gasteiger partial charge in [0.05, 0.1) is 28.4 Å². The first kappa shape index (κ1) is 28.5. The van der Waals surface area contributed by atoms with Gasteiger partial charge in [-0.3, -0.25) is 14.5 Å². The van der Waals surface area contributed by atoms with E-state index >= 15 is 0 Å². The molecule has 2 aromatic rings. The van der Waals surface area contributed by atoms with Gasteiger partial charge in [0.1, 0.15) is 5.25 Å². The minimum absolute atomic E-state index is 0.0378. The Morgan fingerprint density at radius 2 is 1.89 bits per heavy atom. The molecule has 0 unspecified atom stereocenters. The molecule has 0 radical (unpaired) electrons. The summed E-state index contributed by atoms with van der Waals surface area (Å²) >= 11 is 6.71. The SMILES string of the molecule is CCCCN1C(=O)C[C@H](C(=O)Nc2ccc(C(=O)OCC)cc2)SC1=Nc1ccc(Cl)c(C(F)(F)F)c1. The number of anilines is 1. The van der Waals surface area contributed by atoms with Gasteiger partial charge in [-0.15, -0.1) is 0 Å². The lowest BCUT2D eigenvalue weighted by atomic mass is 10.2. The van der Waals surface area contributed by atoms with Gasteiger partial charge < -0.3 is 10.1 Å². The van der Waals surface area contributed by atoms with Gasteiger partial charge in [0.25, 0.3) is 0 Å². The number of esters is 1. The molecule has 1 heterocycles. The molecule has 1 aliphatic rings. The van der Waals surface area contributed by atoms with Gasteiger partial charge in [-0.05, 0) is 55.8 Å². The Morgan fingerprint density at radius 3 is 2.51 bits per heavy atom. The van der Waals surface area contributed by atoms with Gasteiger partial charge in [-0.1, -0.05) is 36.7 Å². The molecule has 0 bridgehead atoms. The van der Waals surface area contributed by atoms with E-state index in [-0.39, 0.29) is 29.8 Å². The first-order chi connectivity index (χ1) is 17.5. The van der Waals surface area contributed by atoms with Gasteiger partial charge in [0, 0.05) is 18.7 Å². The molecule has 12 heteroatoms. The van der Waals surface area contributed by atoms with E-state index in [9.17, 15) is 27.6 Å². The molecule has 3 rings (SSSR count). The molecule has 1 fully saturated rings. The standard InChI is InChI=1S/C25H25ClF3N3O4S/c1-3-5-12-32-21(33)14-20(22(34)30-16-8-6-15(7-9-16)23(35)36-4-2)37-24(32)31-17-10-11-19(26)18(13-17)25(27,28)29/h6-11,13,20H,3-5,12,14H2,1-2H3,(H,30,34)/t20-/m1/s1. The topological polar surface area (TPSA) is 88.1 Å². The number of hydrogen-bond donors (Lipinski definition) is 1. The average Bonchev–Trinajstić information content (AvgIpc) is 2.84. The number of carbonyl (C=O) groups excluding carboxylic acids is 3. The first-order valence-corrected chi connectivity index (χ1v) is 12.8. The lowest BCUT2D eigenvalue weighted by Gasteiger charge is -2.31. The van der Waals surface area contributed by atoms with E-state index in [1.807, 2.05) is 6.92 Å². The molecular formula is C25H25ClF3N3O4S. The van der Waals surface area contributed by atoms with Crippen LogP contribution in [-0.4, -0.2) is 46.3 Å². The molecule has 0 aliphatic carbocycles. The number of rotatable bonds is 8. The van der Waals surface area contributed by atoms with Crippen molar-refractivity contribution in [3.8, 4) is 0 Å². The highest BCUT2D eigenvalue weighted by atomic mass is 35.5. The third-order valence-electron chi connectivity index (χ3n) is 5.31. The molecule has 2 amide bonds. The summed E-state index contributed by atoms with van der Waals surface area (Å²) < 4.78 is 44.9. The van der Waals surface area contributed by atoms with Gasteiger partial charge in [-0.25, -0.2) is 9.79 Å². The van der Waals surface area contributed by atoms with Crippen molar-refractivity contribution >= 4 is 57.7 Å². The Morgan fingerprint density at radius 1 is 1.19 bits per heavy atom. The largest absolute Gasteiger partial charge is 0.462 e. The van der Waals surface area contributed by atoms with Crippen molar-refractivity contribution in [1.82, 2.24) is 4.90 Å². The molecule has 1 N–H and O–H groups in total. The highest BCUT2D eigenvalue weighted by Crippen LogP contribution is 2.38. The fourth-order valence-electron chi connectivity index (χ4n) is 3.41. The molecule has 1 atom stereocenters. The van der Waals surface area contributed by atoms with Gasteiger partial charge in [-0.2, -0.15) is 13.2 Å². The maximum absolute atomic E-state index is 13.3. The van der Waals surface area contributed by atoms with Crippen molar-refractivity contribution in [3.05, 3.63) is 58.6 Å². The van der Waals surface area contributed by atoms with Crippen LogP contribution >= 0.6 is 23.4 Å². The van der Waals surface area contributed by atoms with Crippen molar-refractivity contribution < 1.29 is 32.3 Å². The molecule has 0 aromatic heterocycles. The zero-order valence-corrected chi connectivity index (χ0v) is 21.7. The van der Waals surface area contributed by atoms with Crippen LogP contribution in [0.5, 0.6) is 0 Å². The zero-order valence-electron chi connectivity index (χ0n) is 20.1. The van der Waals surface area contributed by atoms with Crippen molar-refractivity contribution in [2.45, 2.75) is 44.5 Å². The Balaban J connectivity index is 1.83. The average molecular weight is 556 g/mol. The molecule has 37 heavy (non-hydrogen) atoms. The Bertz CT molecular complexity index is 1190. The van der Waals surface area contributed by atoms with E-state index in [1.54, 1.807) is 6.92 Å². The van der Waals surface area contributed by atoms with Crippen molar-refractivity contribution in [2.24, 2.45) is 4.99 Å². The first-order valence-electron chi connectivity index (χ1n) is 11.5. The monoisotopic (exact) mass is 555 g/mol. The summed E-state index contributed by atoms with van der Waals surface area (Å²) in [5.41, 5.74) is -0.345. The number of unbranched alkanes of at least 4 members (excludes halogenated alkanes) is 1. The van der Waals surface area contributed by atoms with Crippen LogP contribution in [0.3, 0.4) is 0 Å². The second-order valence-corrected chi connectivity index (χ2v) is 9.63. The number of thioether (sulfide) groups is 1. The van der Waals surface area contributed by atoms with Crippen LogP contribution in [0.25, 0.3) is 0 Å². The highest BCUT2D eigenvalue weighted by Gasteiger charge is 2.36.